The number of carboxylic acids is 1. The minimum absolute atomic E-state index is 0.633. The van der Waals surface area contributed by atoms with E-state index in [1.54, 1.807) is 0 Å². The molecule has 0 aromatic carbocycles. The van der Waals surface area contributed by atoms with Crippen LogP contribution in [0.15, 0.2) is 12.7 Å². The summed E-state index contributed by atoms with van der Waals surface area (Å²) >= 11 is 0. The van der Waals surface area contributed by atoms with Crippen LogP contribution < -0.4 is 5.73 Å². The van der Waals surface area contributed by atoms with Crippen LogP contribution in [0.5, 0.6) is 0 Å². The van der Waals surface area contributed by atoms with Gasteiger partial charge in [0.15, 0.2) is 0 Å². The van der Waals surface area contributed by atoms with E-state index in [0.29, 0.717) is 13.2 Å². The first-order valence-electron chi connectivity index (χ1n) is 3.32. The zero-order valence-corrected chi connectivity index (χ0v) is 6.75. The lowest BCUT2D eigenvalue weighted by Gasteiger charge is -1.91. The third-order valence-electron chi connectivity index (χ3n) is 0.641. The maximum atomic E-state index is 9.25. The third kappa shape index (κ3) is 27.2. The fourth-order valence-electron chi connectivity index (χ4n) is 0.228. The maximum Gasteiger partial charge on any atom is 0.327 e. The fourth-order valence-corrected chi connectivity index (χ4v) is 0.228. The summed E-state index contributed by atoms with van der Waals surface area (Å²) in [5.74, 6) is -0.981. The van der Waals surface area contributed by atoms with Crippen molar-refractivity contribution in [1.29, 1.82) is 0 Å². The number of hydrogen-bond acceptors (Lipinski definition) is 3. The van der Waals surface area contributed by atoms with Crippen molar-refractivity contribution < 1.29 is 14.6 Å². The molecule has 0 spiro atoms. The summed E-state index contributed by atoms with van der Waals surface area (Å²) < 4.78 is 4.86. The van der Waals surface area contributed by atoms with E-state index in [2.05, 4.69) is 6.58 Å². The van der Waals surface area contributed by atoms with Crippen molar-refractivity contribution in [2.45, 2.75) is 6.92 Å². The Morgan fingerprint density at radius 2 is 2.27 bits per heavy atom. The molecule has 0 saturated heterocycles. The second kappa shape index (κ2) is 11.9. The zero-order chi connectivity index (χ0) is 9.11. The second-order valence-electron chi connectivity index (χ2n) is 1.53. The highest BCUT2D eigenvalue weighted by atomic mass is 16.5. The molecule has 0 bridgehead atoms. The van der Waals surface area contributed by atoms with Crippen LogP contribution in [0.2, 0.25) is 0 Å². The summed E-state index contributed by atoms with van der Waals surface area (Å²) in [6, 6.07) is 0. The van der Waals surface area contributed by atoms with Gasteiger partial charge < -0.3 is 15.6 Å². The highest BCUT2D eigenvalue weighted by molar-refractivity contribution is 5.78. The van der Waals surface area contributed by atoms with Gasteiger partial charge in [0.2, 0.25) is 0 Å². The number of hydrogen-bond donors (Lipinski definition) is 2. The lowest BCUT2D eigenvalue weighted by molar-refractivity contribution is -0.131. The van der Waals surface area contributed by atoms with Gasteiger partial charge in [-0.2, -0.15) is 0 Å². The molecule has 0 amide bonds. The van der Waals surface area contributed by atoms with E-state index >= 15 is 0 Å². The van der Waals surface area contributed by atoms with Crippen molar-refractivity contribution in [2.24, 2.45) is 5.73 Å². The predicted molar refractivity (Wildman–Crippen MR) is 43.4 cm³/mol. The van der Waals surface area contributed by atoms with Gasteiger partial charge in [0.05, 0.1) is 6.61 Å². The van der Waals surface area contributed by atoms with E-state index in [4.69, 9.17) is 15.6 Å². The van der Waals surface area contributed by atoms with Crippen LogP contribution in [0.4, 0.5) is 0 Å². The second-order valence-corrected chi connectivity index (χ2v) is 1.53. The van der Waals surface area contributed by atoms with Gasteiger partial charge >= 0.3 is 5.97 Å². The smallest absolute Gasteiger partial charge is 0.327 e. The van der Waals surface area contributed by atoms with Crippen molar-refractivity contribution >= 4 is 5.97 Å². The molecule has 0 radical (unpaired) electrons. The molecule has 3 N–H and O–H groups in total. The average Bonchev–Trinajstić information content (AvgIpc) is 2.02. The number of carbonyl (C=O) groups is 1. The Morgan fingerprint density at radius 1 is 1.82 bits per heavy atom. The lowest BCUT2D eigenvalue weighted by Crippen LogP contribution is -2.07. The minimum Gasteiger partial charge on any atom is -0.478 e. The average molecular weight is 161 g/mol. The SMILES string of the molecule is C=CC(=O)O.CCOCCN. The van der Waals surface area contributed by atoms with E-state index in [9.17, 15) is 4.79 Å². The lowest BCUT2D eigenvalue weighted by atomic mass is 10.7. The number of aliphatic carboxylic acids is 1. The first-order chi connectivity index (χ1) is 5.18. The molecule has 0 aromatic heterocycles. The fraction of sp³-hybridized carbons (Fsp3) is 0.571. The highest BCUT2D eigenvalue weighted by Gasteiger charge is 1.73. The molecular weight excluding hydrogens is 146 g/mol. The first kappa shape index (κ1) is 12.8. The van der Waals surface area contributed by atoms with Crippen LogP contribution in [0, 0.1) is 0 Å². The van der Waals surface area contributed by atoms with Crippen molar-refractivity contribution in [3.63, 3.8) is 0 Å². The van der Waals surface area contributed by atoms with E-state index in [-0.39, 0.29) is 0 Å². The monoisotopic (exact) mass is 161 g/mol. The van der Waals surface area contributed by atoms with Gasteiger partial charge in [-0.1, -0.05) is 6.58 Å². The Balaban J connectivity index is 0. The summed E-state index contributed by atoms with van der Waals surface area (Å²) in [4.78, 5) is 9.25. The van der Waals surface area contributed by atoms with E-state index in [0.717, 1.165) is 12.7 Å². The summed E-state index contributed by atoms with van der Waals surface area (Å²) in [5.41, 5.74) is 5.09. The Labute approximate surface area is 66.7 Å². The van der Waals surface area contributed by atoms with Gasteiger partial charge in [-0.05, 0) is 6.92 Å². The Morgan fingerprint density at radius 3 is 2.36 bits per heavy atom. The summed E-state index contributed by atoms with van der Waals surface area (Å²) in [5, 5.41) is 7.60. The zero-order valence-electron chi connectivity index (χ0n) is 6.75. The van der Waals surface area contributed by atoms with Gasteiger partial charge in [-0.25, -0.2) is 4.79 Å². The molecule has 0 aliphatic rings. The van der Waals surface area contributed by atoms with Crippen molar-refractivity contribution in [3.05, 3.63) is 12.7 Å². The maximum absolute atomic E-state index is 9.25. The molecule has 66 valence electrons. The largest absolute Gasteiger partial charge is 0.478 e. The molecule has 4 nitrogen and oxygen atoms in total. The number of ether oxygens (including phenoxy) is 1. The molecule has 0 saturated carbocycles. The van der Waals surface area contributed by atoms with E-state index < -0.39 is 5.97 Å². The molecule has 0 unspecified atom stereocenters. The van der Waals surface area contributed by atoms with Crippen LogP contribution in [0.25, 0.3) is 0 Å². The van der Waals surface area contributed by atoms with Gasteiger partial charge in [0.1, 0.15) is 0 Å². The quantitative estimate of drug-likeness (QED) is 0.457. The van der Waals surface area contributed by atoms with Gasteiger partial charge in [-0.3, -0.25) is 0 Å². The standard InChI is InChI=1S/C4H11NO.C3H4O2/c1-2-6-4-3-5;1-2-3(4)5/h2-5H2,1H3;2H,1H2,(H,4,5). The summed E-state index contributed by atoms with van der Waals surface area (Å²) in [6.45, 7) is 7.01. The van der Waals surface area contributed by atoms with Crippen LogP contribution in [0.1, 0.15) is 6.92 Å². The van der Waals surface area contributed by atoms with Crippen molar-refractivity contribution in [3.8, 4) is 0 Å². The molecule has 11 heavy (non-hydrogen) atoms. The van der Waals surface area contributed by atoms with Gasteiger partial charge in [0, 0.05) is 19.2 Å². The summed E-state index contributed by atoms with van der Waals surface area (Å²) in [6.07, 6.45) is 0.833. The van der Waals surface area contributed by atoms with Crippen LogP contribution >= 0.6 is 0 Å². The highest BCUT2D eigenvalue weighted by Crippen LogP contribution is 1.64. The molecule has 0 aliphatic carbocycles. The van der Waals surface area contributed by atoms with E-state index in [1.165, 1.54) is 0 Å². The van der Waals surface area contributed by atoms with Gasteiger partial charge in [-0.15, -0.1) is 0 Å². The topological polar surface area (TPSA) is 72.5 Å². The Hall–Kier alpha value is -0.870. The molecule has 0 rings (SSSR count). The molecule has 4 heteroatoms. The molecule has 0 fully saturated rings. The van der Waals surface area contributed by atoms with E-state index in [1.807, 2.05) is 6.92 Å². The molecule has 0 aliphatic heterocycles. The van der Waals surface area contributed by atoms with Crippen LogP contribution in [0.3, 0.4) is 0 Å². The number of rotatable bonds is 4. The first-order valence-corrected chi connectivity index (χ1v) is 3.32. The van der Waals surface area contributed by atoms with Crippen molar-refractivity contribution in [1.82, 2.24) is 0 Å². The molecular formula is C7H15NO3. The third-order valence-corrected chi connectivity index (χ3v) is 0.641. The molecule has 0 atom stereocenters. The minimum atomic E-state index is -0.981. The number of carboxylic acid groups (broad SMARTS) is 1. The molecule has 0 heterocycles. The predicted octanol–water partition coefficient (Wildman–Crippen LogP) is 0.239. The Bertz CT molecular complexity index is 99.9. The summed E-state index contributed by atoms with van der Waals surface area (Å²) in [7, 11) is 0. The van der Waals surface area contributed by atoms with Crippen LogP contribution in [-0.4, -0.2) is 30.8 Å². The van der Waals surface area contributed by atoms with Gasteiger partial charge in [0.25, 0.3) is 0 Å². The number of nitrogens with two attached hydrogens (primary N) is 1. The van der Waals surface area contributed by atoms with Crippen LogP contribution in [-0.2, 0) is 9.53 Å². The Kier molecular flexibility index (Phi) is 13.8. The van der Waals surface area contributed by atoms with Crippen molar-refractivity contribution in [2.75, 3.05) is 19.8 Å². The normalized spacial score (nSPS) is 7.82. The molecule has 0 aromatic rings.